The van der Waals surface area contributed by atoms with Gasteiger partial charge in [-0.05, 0) is 44.7 Å². The molecule has 0 N–H and O–H groups in total. The van der Waals surface area contributed by atoms with Crippen molar-refractivity contribution in [2.45, 2.75) is 46.5 Å². The lowest BCUT2D eigenvalue weighted by atomic mass is 10.0. The van der Waals surface area contributed by atoms with Gasteiger partial charge in [-0.2, -0.15) is 5.26 Å². The number of nitrogens with zero attached hydrogens (tertiary/aromatic N) is 2. The Labute approximate surface area is 140 Å². The number of hydrogen-bond donors (Lipinski definition) is 0. The maximum Gasteiger partial charge on any atom is 0.239 e. The van der Waals surface area contributed by atoms with Crippen LogP contribution in [0.25, 0.3) is 0 Å². The van der Waals surface area contributed by atoms with Crippen molar-refractivity contribution in [2.75, 3.05) is 19.7 Å². The van der Waals surface area contributed by atoms with Crippen LogP contribution < -0.4 is 4.74 Å². The first kappa shape index (κ1) is 19.0. The van der Waals surface area contributed by atoms with Gasteiger partial charge in [-0.3, -0.25) is 4.79 Å². The zero-order valence-corrected chi connectivity index (χ0v) is 14.5. The zero-order valence-electron chi connectivity index (χ0n) is 14.5. The lowest BCUT2D eigenvalue weighted by Crippen LogP contribution is -2.37. The molecule has 0 aliphatic heterocycles. The predicted molar refractivity (Wildman–Crippen MR) is 92.2 cm³/mol. The van der Waals surface area contributed by atoms with Crippen LogP contribution in [-0.2, 0) is 4.79 Å². The average molecular weight is 316 g/mol. The molecule has 0 spiro atoms. The van der Waals surface area contributed by atoms with Crippen LogP contribution in [0, 0.1) is 24.2 Å². The summed E-state index contributed by atoms with van der Waals surface area (Å²) < 4.78 is 5.66. The number of amides is 1. The van der Waals surface area contributed by atoms with Crippen molar-refractivity contribution in [1.29, 1.82) is 5.26 Å². The molecular weight excluding hydrogens is 288 g/mol. The third kappa shape index (κ3) is 6.73. The molecule has 1 aromatic carbocycles. The molecule has 0 radical (unpaired) electrons. The van der Waals surface area contributed by atoms with Gasteiger partial charge in [-0.25, -0.2) is 0 Å². The normalized spacial score (nSPS) is 11.6. The maximum atomic E-state index is 12.4. The van der Waals surface area contributed by atoms with Gasteiger partial charge in [0.25, 0.3) is 0 Å². The predicted octanol–water partition coefficient (Wildman–Crippen LogP) is 3.94. The third-order valence-corrected chi connectivity index (χ3v) is 3.68. The highest BCUT2D eigenvalue weighted by Crippen LogP contribution is 2.14. The van der Waals surface area contributed by atoms with E-state index in [0.717, 1.165) is 31.7 Å². The molecule has 1 aromatic rings. The summed E-state index contributed by atoms with van der Waals surface area (Å²) in [5, 5.41) is 9.29. The van der Waals surface area contributed by atoms with E-state index in [1.807, 2.05) is 49.9 Å². The van der Waals surface area contributed by atoms with Crippen LogP contribution in [0.3, 0.4) is 0 Å². The van der Waals surface area contributed by atoms with Crippen LogP contribution in [0.2, 0.25) is 0 Å². The SMILES string of the molecule is CCCN(CCC)C(=O)C(C#N)CCCOc1ccc(C)cc1. The summed E-state index contributed by atoms with van der Waals surface area (Å²) in [6, 6.07) is 10.0. The first-order chi connectivity index (χ1) is 11.1. The summed E-state index contributed by atoms with van der Waals surface area (Å²) in [5.41, 5.74) is 1.19. The van der Waals surface area contributed by atoms with Gasteiger partial charge in [0.2, 0.25) is 5.91 Å². The fraction of sp³-hybridized carbons (Fsp3) is 0.579. The van der Waals surface area contributed by atoms with Crippen LogP contribution in [0.15, 0.2) is 24.3 Å². The van der Waals surface area contributed by atoms with E-state index in [1.165, 1.54) is 5.56 Å². The Kier molecular flexibility index (Phi) is 8.82. The molecule has 0 aliphatic rings. The Morgan fingerprint density at radius 3 is 2.35 bits per heavy atom. The van der Waals surface area contributed by atoms with E-state index >= 15 is 0 Å². The highest BCUT2D eigenvalue weighted by molar-refractivity contribution is 5.81. The Morgan fingerprint density at radius 1 is 1.22 bits per heavy atom. The quantitative estimate of drug-likeness (QED) is 0.614. The molecule has 0 saturated heterocycles. The number of nitriles is 1. The summed E-state index contributed by atoms with van der Waals surface area (Å²) in [6.45, 7) is 8.11. The second kappa shape index (κ2) is 10.7. The Bertz CT molecular complexity index is 499. The molecule has 1 amide bonds. The number of ether oxygens (including phenoxy) is 1. The van der Waals surface area contributed by atoms with Crippen molar-refractivity contribution in [3.63, 3.8) is 0 Å². The number of rotatable bonds is 10. The summed E-state index contributed by atoms with van der Waals surface area (Å²) in [7, 11) is 0. The van der Waals surface area contributed by atoms with Crippen molar-refractivity contribution in [3.8, 4) is 11.8 Å². The molecule has 0 saturated carbocycles. The minimum atomic E-state index is -0.560. The molecule has 126 valence electrons. The summed E-state index contributed by atoms with van der Waals surface area (Å²) in [4.78, 5) is 14.2. The number of hydrogen-bond acceptors (Lipinski definition) is 3. The monoisotopic (exact) mass is 316 g/mol. The molecule has 0 fully saturated rings. The molecule has 0 aliphatic carbocycles. The highest BCUT2D eigenvalue weighted by Gasteiger charge is 2.22. The van der Waals surface area contributed by atoms with E-state index < -0.39 is 5.92 Å². The van der Waals surface area contributed by atoms with E-state index in [1.54, 1.807) is 0 Å². The summed E-state index contributed by atoms with van der Waals surface area (Å²) in [5.74, 6) is 0.232. The van der Waals surface area contributed by atoms with Crippen molar-refractivity contribution in [3.05, 3.63) is 29.8 Å². The Hall–Kier alpha value is -2.02. The molecule has 1 unspecified atom stereocenters. The van der Waals surface area contributed by atoms with E-state index in [2.05, 4.69) is 6.07 Å². The fourth-order valence-corrected chi connectivity index (χ4v) is 2.45. The van der Waals surface area contributed by atoms with Gasteiger partial charge in [-0.1, -0.05) is 31.5 Å². The molecule has 1 rings (SSSR count). The largest absolute Gasteiger partial charge is 0.494 e. The summed E-state index contributed by atoms with van der Waals surface area (Å²) >= 11 is 0. The average Bonchev–Trinajstić information content (AvgIpc) is 2.56. The van der Waals surface area contributed by atoms with Gasteiger partial charge < -0.3 is 9.64 Å². The first-order valence-electron chi connectivity index (χ1n) is 8.50. The molecule has 23 heavy (non-hydrogen) atoms. The standard InChI is InChI=1S/C19H28N2O2/c1-4-12-21(13-5-2)19(22)17(15-20)7-6-14-23-18-10-8-16(3)9-11-18/h8-11,17H,4-7,12-14H2,1-3H3. The van der Waals surface area contributed by atoms with Crippen LogP contribution in [0.1, 0.15) is 45.1 Å². The van der Waals surface area contributed by atoms with E-state index in [9.17, 15) is 10.1 Å². The van der Waals surface area contributed by atoms with Gasteiger partial charge in [-0.15, -0.1) is 0 Å². The van der Waals surface area contributed by atoms with Crippen molar-refractivity contribution in [2.24, 2.45) is 5.92 Å². The van der Waals surface area contributed by atoms with Crippen LogP contribution in [0.4, 0.5) is 0 Å². The number of carbonyl (C=O) groups excluding carboxylic acids is 1. The lowest BCUT2D eigenvalue weighted by Gasteiger charge is -2.23. The lowest BCUT2D eigenvalue weighted by molar-refractivity contribution is -0.134. The molecule has 1 atom stereocenters. The number of benzene rings is 1. The van der Waals surface area contributed by atoms with Crippen molar-refractivity contribution < 1.29 is 9.53 Å². The molecule has 4 nitrogen and oxygen atoms in total. The van der Waals surface area contributed by atoms with E-state index in [0.29, 0.717) is 19.4 Å². The van der Waals surface area contributed by atoms with Crippen LogP contribution >= 0.6 is 0 Å². The second-order valence-electron chi connectivity index (χ2n) is 5.81. The fourth-order valence-electron chi connectivity index (χ4n) is 2.45. The van der Waals surface area contributed by atoms with Crippen molar-refractivity contribution in [1.82, 2.24) is 4.90 Å². The zero-order chi connectivity index (χ0) is 17.1. The molecule has 0 heterocycles. The Balaban J connectivity index is 2.41. The summed E-state index contributed by atoms with van der Waals surface area (Å²) in [6.07, 6.45) is 3.08. The van der Waals surface area contributed by atoms with Gasteiger partial charge in [0.05, 0.1) is 12.7 Å². The van der Waals surface area contributed by atoms with Gasteiger partial charge in [0, 0.05) is 13.1 Å². The Morgan fingerprint density at radius 2 is 1.83 bits per heavy atom. The van der Waals surface area contributed by atoms with Crippen molar-refractivity contribution >= 4 is 5.91 Å². The maximum absolute atomic E-state index is 12.4. The number of aryl methyl sites for hydroxylation is 1. The first-order valence-corrected chi connectivity index (χ1v) is 8.50. The van der Waals surface area contributed by atoms with Gasteiger partial charge >= 0.3 is 0 Å². The van der Waals surface area contributed by atoms with Gasteiger partial charge in [0.1, 0.15) is 11.7 Å². The minimum absolute atomic E-state index is 0.0356. The smallest absolute Gasteiger partial charge is 0.239 e. The molecule has 0 aromatic heterocycles. The molecule has 4 heteroatoms. The number of carbonyl (C=O) groups is 1. The van der Waals surface area contributed by atoms with E-state index in [-0.39, 0.29) is 5.91 Å². The van der Waals surface area contributed by atoms with Crippen LogP contribution in [0.5, 0.6) is 5.75 Å². The highest BCUT2D eigenvalue weighted by atomic mass is 16.5. The van der Waals surface area contributed by atoms with Crippen LogP contribution in [-0.4, -0.2) is 30.5 Å². The third-order valence-electron chi connectivity index (χ3n) is 3.68. The second-order valence-corrected chi connectivity index (χ2v) is 5.81. The topological polar surface area (TPSA) is 53.3 Å². The van der Waals surface area contributed by atoms with Gasteiger partial charge in [0.15, 0.2) is 0 Å². The minimum Gasteiger partial charge on any atom is -0.494 e. The van der Waals surface area contributed by atoms with E-state index in [4.69, 9.17) is 4.74 Å². The molecule has 0 bridgehead atoms. The molecular formula is C19H28N2O2.